The summed E-state index contributed by atoms with van der Waals surface area (Å²) in [4.78, 5) is 13.0. The summed E-state index contributed by atoms with van der Waals surface area (Å²) >= 11 is 1.77. The van der Waals surface area contributed by atoms with Gasteiger partial charge in [-0.2, -0.15) is 0 Å². The highest BCUT2D eigenvalue weighted by atomic mass is 32.1. The Balaban J connectivity index is 1.71. The maximum absolute atomic E-state index is 5.41. The van der Waals surface area contributed by atoms with Gasteiger partial charge in [-0.1, -0.05) is 0 Å². The van der Waals surface area contributed by atoms with Crippen LogP contribution in [0.2, 0.25) is 0 Å². The number of nitrogens with zero attached hydrogens (tertiary/aromatic N) is 2. The van der Waals surface area contributed by atoms with Crippen molar-refractivity contribution in [3.63, 3.8) is 0 Å². The fourth-order valence-corrected chi connectivity index (χ4v) is 3.51. The molecule has 0 spiro atoms. The maximum atomic E-state index is 5.41. The summed E-state index contributed by atoms with van der Waals surface area (Å²) < 4.78 is 5.41. The van der Waals surface area contributed by atoms with Gasteiger partial charge in [0.15, 0.2) is 0 Å². The van der Waals surface area contributed by atoms with Gasteiger partial charge in [-0.25, -0.2) is 4.98 Å². The molecule has 0 aliphatic carbocycles. The molecule has 4 nitrogen and oxygen atoms in total. The molecule has 1 aromatic carbocycles. The van der Waals surface area contributed by atoms with Crippen LogP contribution in [-0.2, 0) is 4.74 Å². The van der Waals surface area contributed by atoms with Crippen molar-refractivity contribution in [2.45, 2.75) is 6.92 Å². The number of aryl methyl sites for hydroxylation is 1. The van der Waals surface area contributed by atoms with E-state index in [0.717, 1.165) is 43.2 Å². The lowest BCUT2D eigenvalue weighted by Crippen LogP contribution is -2.36. The molecule has 1 aliphatic heterocycles. The summed E-state index contributed by atoms with van der Waals surface area (Å²) in [6, 6.07) is 10.7. The summed E-state index contributed by atoms with van der Waals surface area (Å²) in [7, 11) is 0. The minimum Gasteiger partial charge on any atom is -0.378 e. The smallest absolute Gasteiger partial charge is 0.148 e. The molecule has 4 rings (SSSR count). The number of hydrogen-bond acceptors (Lipinski definition) is 4. The third-order valence-electron chi connectivity index (χ3n) is 3.82. The molecule has 3 heterocycles. The molecule has 1 aliphatic rings. The fourth-order valence-electron chi connectivity index (χ4n) is 2.69. The van der Waals surface area contributed by atoms with Crippen molar-refractivity contribution < 1.29 is 4.74 Å². The molecule has 1 N–H and O–H groups in total. The molecule has 0 atom stereocenters. The summed E-state index contributed by atoms with van der Waals surface area (Å²) in [5.74, 6) is 0.960. The van der Waals surface area contributed by atoms with Crippen molar-refractivity contribution >= 4 is 28.1 Å². The predicted octanol–water partition coefficient (Wildman–Crippen LogP) is 3.44. The number of nitrogens with one attached hydrogen (secondary N) is 1. The lowest BCUT2D eigenvalue weighted by molar-refractivity contribution is 0.122. The predicted molar refractivity (Wildman–Crippen MR) is 87.2 cm³/mol. The standard InChI is InChI=1S/C16H17N3OS/c1-11-2-5-15(21-11)16-17-13-4-3-12(10-14(13)18-16)19-6-8-20-9-7-19/h2-5,10H,6-9H2,1H3,(H,17,18). The number of H-pyrrole nitrogens is 1. The van der Waals surface area contributed by atoms with Gasteiger partial charge in [0.1, 0.15) is 5.82 Å². The van der Waals surface area contributed by atoms with E-state index in [9.17, 15) is 0 Å². The number of rotatable bonds is 2. The SMILES string of the molecule is Cc1ccc(-c2nc3ccc(N4CCOCC4)cc3[nH]2)s1. The zero-order chi connectivity index (χ0) is 14.2. The second-order valence-corrected chi connectivity index (χ2v) is 6.58. The van der Waals surface area contributed by atoms with Crippen LogP contribution in [0.5, 0.6) is 0 Å². The molecule has 2 aromatic heterocycles. The molecule has 0 saturated carbocycles. The number of anilines is 1. The van der Waals surface area contributed by atoms with E-state index in [0.29, 0.717) is 0 Å². The largest absolute Gasteiger partial charge is 0.378 e. The third kappa shape index (κ3) is 2.43. The van der Waals surface area contributed by atoms with Gasteiger partial charge in [-0.05, 0) is 37.3 Å². The Morgan fingerprint density at radius 2 is 2.05 bits per heavy atom. The van der Waals surface area contributed by atoms with Crippen molar-refractivity contribution in [2.24, 2.45) is 0 Å². The summed E-state index contributed by atoms with van der Waals surface area (Å²) in [6.45, 7) is 5.64. The number of aromatic nitrogens is 2. The first kappa shape index (κ1) is 12.9. The number of thiophene rings is 1. The molecular formula is C16H17N3OS. The average molecular weight is 299 g/mol. The van der Waals surface area contributed by atoms with E-state index in [1.165, 1.54) is 15.4 Å². The fraction of sp³-hybridized carbons (Fsp3) is 0.312. The van der Waals surface area contributed by atoms with E-state index in [1.54, 1.807) is 11.3 Å². The van der Waals surface area contributed by atoms with Crippen molar-refractivity contribution in [1.29, 1.82) is 0 Å². The summed E-state index contributed by atoms with van der Waals surface area (Å²) in [6.07, 6.45) is 0. The van der Waals surface area contributed by atoms with Crippen molar-refractivity contribution in [3.8, 4) is 10.7 Å². The van der Waals surface area contributed by atoms with Crippen molar-refractivity contribution in [2.75, 3.05) is 31.2 Å². The topological polar surface area (TPSA) is 41.2 Å². The van der Waals surface area contributed by atoms with E-state index in [4.69, 9.17) is 9.72 Å². The summed E-state index contributed by atoms with van der Waals surface area (Å²) in [5, 5.41) is 0. The zero-order valence-electron chi connectivity index (χ0n) is 11.9. The second-order valence-electron chi connectivity index (χ2n) is 5.30. The summed E-state index contributed by atoms with van der Waals surface area (Å²) in [5.41, 5.74) is 3.36. The molecule has 0 amide bonds. The molecule has 0 radical (unpaired) electrons. The zero-order valence-corrected chi connectivity index (χ0v) is 12.7. The van der Waals surface area contributed by atoms with Crippen LogP contribution in [-0.4, -0.2) is 36.3 Å². The highest BCUT2D eigenvalue weighted by Crippen LogP contribution is 2.29. The number of ether oxygens (including phenoxy) is 1. The van der Waals surface area contributed by atoms with Crippen LogP contribution in [0.15, 0.2) is 30.3 Å². The molecule has 21 heavy (non-hydrogen) atoms. The van der Waals surface area contributed by atoms with E-state index in [2.05, 4.69) is 47.1 Å². The highest BCUT2D eigenvalue weighted by Gasteiger charge is 2.13. The Labute approximate surface area is 127 Å². The number of aromatic amines is 1. The van der Waals surface area contributed by atoms with E-state index in [-0.39, 0.29) is 0 Å². The molecule has 5 heteroatoms. The molecule has 0 unspecified atom stereocenters. The van der Waals surface area contributed by atoms with Gasteiger partial charge in [0.25, 0.3) is 0 Å². The Bertz CT molecular complexity index is 771. The first-order valence-corrected chi connectivity index (χ1v) is 8.00. The second kappa shape index (κ2) is 5.16. The first-order chi connectivity index (χ1) is 10.3. The minimum absolute atomic E-state index is 0.806. The first-order valence-electron chi connectivity index (χ1n) is 7.19. The van der Waals surface area contributed by atoms with Crippen molar-refractivity contribution in [3.05, 3.63) is 35.2 Å². The number of hydrogen-bond donors (Lipinski definition) is 1. The molecule has 3 aromatic rings. The van der Waals surface area contributed by atoms with E-state index >= 15 is 0 Å². The van der Waals surface area contributed by atoms with Crippen LogP contribution >= 0.6 is 11.3 Å². The quantitative estimate of drug-likeness (QED) is 0.788. The van der Waals surface area contributed by atoms with E-state index in [1.807, 2.05) is 0 Å². The van der Waals surface area contributed by atoms with Gasteiger partial charge in [-0.3, -0.25) is 0 Å². The van der Waals surface area contributed by atoms with Crippen molar-refractivity contribution in [1.82, 2.24) is 9.97 Å². The number of imidazole rings is 1. The minimum atomic E-state index is 0.806. The van der Waals surface area contributed by atoms with E-state index < -0.39 is 0 Å². The van der Waals surface area contributed by atoms with Gasteiger partial charge in [0, 0.05) is 23.7 Å². The number of fused-ring (bicyclic) bond motifs is 1. The normalized spacial score (nSPS) is 15.8. The average Bonchev–Trinajstić information content (AvgIpc) is 3.13. The van der Waals surface area contributed by atoms with Gasteiger partial charge < -0.3 is 14.6 Å². The van der Waals surface area contributed by atoms with Gasteiger partial charge in [-0.15, -0.1) is 11.3 Å². The molecule has 108 valence electrons. The molecule has 1 fully saturated rings. The number of morpholine rings is 1. The third-order valence-corrected chi connectivity index (χ3v) is 4.82. The Kier molecular flexibility index (Phi) is 3.16. The number of benzene rings is 1. The van der Waals surface area contributed by atoms with Crippen LogP contribution in [0.4, 0.5) is 5.69 Å². The van der Waals surface area contributed by atoms with Crippen LogP contribution in [0, 0.1) is 6.92 Å². The lowest BCUT2D eigenvalue weighted by atomic mass is 10.2. The Morgan fingerprint density at radius 1 is 1.19 bits per heavy atom. The van der Waals surface area contributed by atoms with Crippen LogP contribution < -0.4 is 4.90 Å². The molecule has 1 saturated heterocycles. The molecule has 0 bridgehead atoms. The van der Waals surface area contributed by atoms with Crippen LogP contribution in [0.25, 0.3) is 21.7 Å². The van der Waals surface area contributed by atoms with Gasteiger partial charge >= 0.3 is 0 Å². The highest BCUT2D eigenvalue weighted by molar-refractivity contribution is 7.15. The Morgan fingerprint density at radius 3 is 2.81 bits per heavy atom. The van der Waals surface area contributed by atoms with Crippen LogP contribution in [0.1, 0.15) is 4.88 Å². The van der Waals surface area contributed by atoms with Gasteiger partial charge in [0.2, 0.25) is 0 Å². The monoisotopic (exact) mass is 299 g/mol. The molecular weight excluding hydrogens is 282 g/mol. The Hall–Kier alpha value is -1.85. The van der Waals surface area contributed by atoms with Crippen LogP contribution in [0.3, 0.4) is 0 Å². The van der Waals surface area contributed by atoms with Gasteiger partial charge in [0.05, 0.1) is 29.1 Å². The maximum Gasteiger partial charge on any atom is 0.148 e. The lowest BCUT2D eigenvalue weighted by Gasteiger charge is -2.28.